The van der Waals surface area contributed by atoms with Crippen molar-refractivity contribution in [2.24, 2.45) is 0 Å². The molecule has 2 rings (SSSR count). The lowest BCUT2D eigenvalue weighted by atomic mass is 10.2. The second kappa shape index (κ2) is 7.14. The SMILES string of the molecule is CC(C)OCCCNC(=O)c1ccc2c(c1)OCCO2. The lowest BCUT2D eigenvalue weighted by Crippen LogP contribution is -2.26. The molecule has 0 aromatic heterocycles. The highest BCUT2D eigenvalue weighted by Crippen LogP contribution is 2.30. The molecular weight excluding hydrogens is 258 g/mol. The van der Waals surface area contributed by atoms with Crippen LogP contribution in [0.5, 0.6) is 11.5 Å². The first-order valence-electron chi connectivity index (χ1n) is 6.96. The van der Waals surface area contributed by atoms with Gasteiger partial charge in [-0.15, -0.1) is 0 Å². The molecule has 5 heteroatoms. The number of hydrogen-bond acceptors (Lipinski definition) is 4. The lowest BCUT2D eigenvalue weighted by Gasteiger charge is -2.18. The van der Waals surface area contributed by atoms with E-state index in [0.717, 1.165) is 6.42 Å². The zero-order valence-corrected chi connectivity index (χ0v) is 12.0. The van der Waals surface area contributed by atoms with Crippen LogP contribution in [0.25, 0.3) is 0 Å². The molecule has 1 amide bonds. The van der Waals surface area contributed by atoms with Crippen LogP contribution in [0, 0.1) is 0 Å². The fourth-order valence-electron chi connectivity index (χ4n) is 1.88. The van der Waals surface area contributed by atoms with E-state index >= 15 is 0 Å². The second-order valence-electron chi connectivity index (χ2n) is 4.89. The van der Waals surface area contributed by atoms with Crippen molar-refractivity contribution in [3.05, 3.63) is 23.8 Å². The number of carbonyl (C=O) groups excluding carboxylic acids is 1. The van der Waals surface area contributed by atoms with Crippen molar-refractivity contribution in [1.82, 2.24) is 5.32 Å². The summed E-state index contributed by atoms with van der Waals surface area (Å²) < 4.78 is 16.3. The van der Waals surface area contributed by atoms with E-state index in [1.165, 1.54) is 0 Å². The lowest BCUT2D eigenvalue weighted by molar-refractivity contribution is 0.0757. The molecule has 0 fully saturated rings. The molecule has 1 N–H and O–H groups in total. The molecule has 1 aliphatic heterocycles. The molecule has 0 aliphatic carbocycles. The first kappa shape index (κ1) is 14.7. The maximum absolute atomic E-state index is 12.0. The third-order valence-electron chi connectivity index (χ3n) is 2.86. The Morgan fingerprint density at radius 1 is 1.30 bits per heavy atom. The highest BCUT2D eigenvalue weighted by molar-refractivity contribution is 5.94. The van der Waals surface area contributed by atoms with E-state index in [1.54, 1.807) is 18.2 Å². The third-order valence-corrected chi connectivity index (χ3v) is 2.86. The van der Waals surface area contributed by atoms with E-state index in [0.29, 0.717) is 43.4 Å². The van der Waals surface area contributed by atoms with E-state index in [-0.39, 0.29) is 12.0 Å². The highest BCUT2D eigenvalue weighted by atomic mass is 16.6. The minimum absolute atomic E-state index is 0.105. The van der Waals surface area contributed by atoms with Crippen molar-refractivity contribution in [1.29, 1.82) is 0 Å². The average Bonchev–Trinajstić information content (AvgIpc) is 2.46. The molecule has 0 unspecified atom stereocenters. The van der Waals surface area contributed by atoms with Crippen LogP contribution in [-0.4, -0.2) is 38.4 Å². The molecule has 0 saturated carbocycles. The van der Waals surface area contributed by atoms with Crippen molar-refractivity contribution < 1.29 is 19.0 Å². The van der Waals surface area contributed by atoms with Crippen molar-refractivity contribution in [3.63, 3.8) is 0 Å². The second-order valence-corrected chi connectivity index (χ2v) is 4.89. The zero-order valence-electron chi connectivity index (χ0n) is 12.0. The molecular formula is C15H21NO4. The summed E-state index contributed by atoms with van der Waals surface area (Å²) >= 11 is 0. The number of rotatable bonds is 6. The number of nitrogens with one attached hydrogen (secondary N) is 1. The van der Waals surface area contributed by atoms with Crippen molar-refractivity contribution >= 4 is 5.91 Å². The van der Waals surface area contributed by atoms with Crippen LogP contribution in [-0.2, 0) is 4.74 Å². The standard InChI is InChI=1S/C15H21NO4/c1-11(2)18-7-3-6-16-15(17)12-4-5-13-14(10-12)20-9-8-19-13/h4-5,10-11H,3,6-9H2,1-2H3,(H,16,17). The molecule has 5 nitrogen and oxygen atoms in total. The van der Waals surface area contributed by atoms with E-state index in [9.17, 15) is 4.79 Å². The van der Waals surface area contributed by atoms with Gasteiger partial charge in [0.2, 0.25) is 0 Å². The summed E-state index contributed by atoms with van der Waals surface area (Å²) in [5.74, 6) is 1.22. The van der Waals surface area contributed by atoms with Crippen molar-refractivity contribution in [2.45, 2.75) is 26.4 Å². The largest absolute Gasteiger partial charge is 0.486 e. The minimum atomic E-state index is -0.105. The Kier molecular flexibility index (Phi) is 5.24. The highest BCUT2D eigenvalue weighted by Gasteiger charge is 2.14. The van der Waals surface area contributed by atoms with Gasteiger partial charge in [0.15, 0.2) is 11.5 Å². The molecule has 1 heterocycles. The van der Waals surface area contributed by atoms with Crippen LogP contribution in [0.1, 0.15) is 30.6 Å². The van der Waals surface area contributed by atoms with E-state index in [1.807, 2.05) is 13.8 Å². The Labute approximate surface area is 119 Å². The molecule has 0 saturated heterocycles. The van der Waals surface area contributed by atoms with E-state index < -0.39 is 0 Å². The van der Waals surface area contributed by atoms with Crippen LogP contribution < -0.4 is 14.8 Å². The first-order valence-corrected chi connectivity index (χ1v) is 6.96. The monoisotopic (exact) mass is 279 g/mol. The molecule has 1 aliphatic rings. The Bertz CT molecular complexity index is 459. The molecule has 20 heavy (non-hydrogen) atoms. The van der Waals surface area contributed by atoms with Crippen LogP contribution in [0.3, 0.4) is 0 Å². The van der Waals surface area contributed by atoms with Gasteiger partial charge in [-0.1, -0.05) is 0 Å². The van der Waals surface area contributed by atoms with Gasteiger partial charge in [-0.25, -0.2) is 0 Å². The maximum Gasteiger partial charge on any atom is 0.251 e. The van der Waals surface area contributed by atoms with Gasteiger partial charge in [0.25, 0.3) is 5.91 Å². The molecule has 0 spiro atoms. The fraction of sp³-hybridized carbons (Fsp3) is 0.533. The summed E-state index contributed by atoms with van der Waals surface area (Å²) in [7, 11) is 0. The molecule has 0 radical (unpaired) electrons. The Morgan fingerprint density at radius 3 is 2.80 bits per heavy atom. The Morgan fingerprint density at radius 2 is 2.05 bits per heavy atom. The summed E-state index contributed by atoms with van der Waals surface area (Å²) in [6.45, 7) is 6.31. The minimum Gasteiger partial charge on any atom is -0.486 e. The first-order chi connectivity index (χ1) is 9.66. The van der Waals surface area contributed by atoms with E-state index in [2.05, 4.69) is 5.32 Å². The summed E-state index contributed by atoms with van der Waals surface area (Å²) in [6, 6.07) is 5.23. The van der Waals surface area contributed by atoms with Gasteiger partial charge in [0.05, 0.1) is 6.10 Å². The normalized spacial score (nSPS) is 13.3. The van der Waals surface area contributed by atoms with Crippen molar-refractivity contribution in [3.8, 4) is 11.5 Å². The molecule has 1 aromatic rings. The summed E-state index contributed by atoms with van der Waals surface area (Å²) in [4.78, 5) is 12.0. The fourth-order valence-corrected chi connectivity index (χ4v) is 1.88. The van der Waals surface area contributed by atoms with Crippen LogP contribution in [0.15, 0.2) is 18.2 Å². The molecule has 110 valence electrons. The van der Waals surface area contributed by atoms with Crippen LogP contribution in [0.2, 0.25) is 0 Å². The van der Waals surface area contributed by atoms with Crippen LogP contribution in [0.4, 0.5) is 0 Å². The number of carbonyl (C=O) groups is 1. The molecule has 0 bridgehead atoms. The van der Waals surface area contributed by atoms with Gasteiger partial charge in [0.1, 0.15) is 13.2 Å². The predicted octanol–water partition coefficient (Wildman–Crippen LogP) is 2.00. The van der Waals surface area contributed by atoms with Gasteiger partial charge in [-0.2, -0.15) is 0 Å². The number of amides is 1. The zero-order chi connectivity index (χ0) is 14.4. The van der Waals surface area contributed by atoms with Gasteiger partial charge < -0.3 is 19.5 Å². The van der Waals surface area contributed by atoms with Crippen LogP contribution >= 0.6 is 0 Å². The number of hydrogen-bond donors (Lipinski definition) is 1. The summed E-state index contributed by atoms with van der Waals surface area (Å²) in [5, 5.41) is 2.86. The Hall–Kier alpha value is -1.75. The number of fused-ring (bicyclic) bond motifs is 1. The van der Waals surface area contributed by atoms with E-state index in [4.69, 9.17) is 14.2 Å². The van der Waals surface area contributed by atoms with Crippen molar-refractivity contribution in [2.75, 3.05) is 26.4 Å². The smallest absolute Gasteiger partial charge is 0.251 e. The van der Waals surface area contributed by atoms with Gasteiger partial charge >= 0.3 is 0 Å². The van der Waals surface area contributed by atoms with Gasteiger partial charge in [-0.05, 0) is 38.5 Å². The maximum atomic E-state index is 12.0. The Balaban J connectivity index is 1.80. The molecule has 0 atom stereocenters. The number of benzene rings is 1. The topological polar surface area (TPSA) is 56.8 Å². The van der Waals surface area contributed by atoms with Gasteiger partial charge in [-0.3, -0.25) is 4.79 Å². The molecule has 1 aromatic carbocycles. The van der Waals surface area contributed by atoms with Gasteiger partial charge in [0, 0.05) is 18.7 Å². The quantitative estimate of drug-likeness (QED) is 0.809. The summed E-state index contributed by atoms with van der Waals surface area (Å²) in [6.07, 6.45) is 1.03. The summed E-state index contributed by atoms with van der Waals surface area (Å²) in [5.41, 5.74) is 0.582. The number of ether oxygens (including phenoxy) is 3. The predicted molar refractivity (Wildman–Crippen MR) is 75.5 cm³/mol. The average molecular weight is 279 g/mol. The third kappa shape index (κ3) is 4.13.